The first-order chi connectivity index (χ1) is 6.95. The first kappa shape index (κ1) is 11.7. The van der Waals surface area contributed by atoms with E-state index >= 15 is 0 Å². The number of rotatable bonds is 3. The summed E-state index contributed by atoms with van der Waals surface area (Å²) in [4.78, 5) is 0. The molecule has 0 bridgehead atoms. The molecule has 0 aliphatic heterocycles. The molecule has 1 aromatic rings. The zero-order valence-corrected chi connectivity index (χ0v) is 8.43. The largest absolute Gasteiger partial charge is 0.385 e. The molecular formula is C12H12F2O. The molecule has 1 unspecified atom stereocenters. The first-order valence-corrected chi connectivity index (χ1v) is 4.58. The number of terminal acetylenes is 1. The summed E-state index contributed by atoms with van der Waals surface area (Å²) in [5.74, 6) is 0.970. The van der Waals surface area contributed by atoms with Crippen LogP contribution in [0, 0.1) is 24.0 Å². The van der Waals surface area contributed by atoms with Crippen LogP contribution in [0.15, 0.2) is 18.2 Å². The second kappa shape index (κ2) is 4.41. The normalized spacial score (nSPS) is 14.3. The summed E-state index contributed by atoms with van der Waals surface area (Å²) < 4.78 is 25.8. The molecule has 0 saturated heterocycles. The molecule has 0 spiro atoms. The SMILES string of the molecule is C#CCCC(C)(O)c1cc(F)cc(F)c1. The maximum atomic E-state index is 12.9. The fraction of sp³-hybridized carbons (Fsp3) is 0.333. The molecule has 0 amide bonds. The van der Waals surface area contributed by atoms with E-state index in [-0.39, 0.29) is 12.0 Å². The first-order valence-electron chi connectivity index (χ1n) is 4.58. The van der Waals surface area contributed by atoms with E-state index in [1.807, 2.05) is 0 Å². The molecule has 1 N–H and O–H groups in total. The summed E-state index contributed by atoms with van der Waals surface area (Å²) in [6.45, 7) is 1.48. The maximum Gasteiger partial charge on any atom is 0.126 e. The van der Waals surface area contributed by atoms with Crippen LogP contribution >= 0.6 is 0 Å². The van der Waals surface area contributed by atoms with Crippen molar-refractivity contribution in [3.05, 3.63) is 35.4 Å². The number of hydrogen-bond acceptors (Lipinski definition) is 1. The highest BCUT2D eigenvalue weighted by Gasteiger charge is 2.23. The minimum absolute atomic E-state index is 0.204. The summed E-state index contributed by atoms with van der Waals surface area (Å²) in [7, 11) is 0. The van der Waals surface area contributed by atoms with Crippen molar-refractivity contribution in [3.8, 4) is 12.3 Å². The van der Waals surface area contributed by atoms with Crippen molar-refractivity contribution >= 4 is 0 Å². The van der Waals surface area contributed by atoms with Gasteiger partial charge < -0.3 is 5.11 Å². The van der Waals surface area contributed by atoms with Gasteiger partial charge in [-0.3, -0.25) is 0 Å². The zero-order chi connectivity index (χ0) is 11.5. The van der Waals surface area contributed by atoms with E-state index in [1.54, 1.807) is 0 Å². The van der Waals surface area contributed by atoms with E-state index in [4.69, 9.17) is 6.42 Å². The van der Waals surface area contributed by atoms with Crippen molar-refractivity contribution in [1.29, 1.82) is 0 Å². The lowest BCUT2D eigenvalue weighted by Gasteiger charge is -2.22. The monoisotopic (exact) mass is 210 g/mol. The standard InChI is InChI=1S/C12H12F2O/c1-3-4-5-12(2,15)9-6-10(13)8-11(14)7-9/h1,6-8,15H,4-5H2,2H3. The molecule has 1 rings (SSSR count). The van der Waals surface area contributed by atoms with Gasteiger partial charge in [0.15, 0.2) is 0 Å². The van der Waals surface area contributed by atoms with E-state index in [0.29, 0.717) is 6.42 Å². The highest BCUT2D eigenvalue weighted by molar-refractivity contribution is 5.23. The van der Waals surface area contributed by atoms with Crippen LogP contribution in [0.5, 0.6) is 0 Å². The van der Waals surface area contributed by atoms with Crippen LogP contribution < -0.4 is 0 Å². The second-order valence-corrected chi connectivity index (χ2v) is 3.64. The van der Waals surface area contributed by atoms with Gasteiger partial charge in [-0.2, -0.15) is 0 Å². The van der Waals surface area contributed by atoms with Crippen molar-refractivity contribution in [2.45, 2.75) is 25.4 Å². The van der Waals surface area contributed by atoms with E-state index in [9.17, 15) is 13.9 Å². The lowest BCUT2D eigenvalue weighted by Crippen LogP contribution is -2.21. The number of aliphatic hydroxyl groups is 1. The Hall–Kier alpha value is -1.40. The molecule has 1 atom stereocenters. The van der Waals surface area contributed by atoms with Gasteiger partial charge in [0.05, 0.1) is 5.60 Å². The lowest BCUT2D eigenvalue weighted by molar-refractivity contribution is 0.0487. The van der Waals surface area contributed by atoms with Crippen LogP contribution in [0.25, 0.3) is 0 Å². The number of halogens is 2. The predicted octanol–water partition coefficient (Wildman–Crippen LogP) is 2.59. The van der Waals surface area contributed by atoms with Crippen LogP contribution in [0.4, 0.5) is 8.78 Å². The van der Waals surface area contributed by atoms with E-state index in [1.165, 1.54) is 6.92 Å². The minimum Gasteiger partial charge on any atom is -0.385 e. The van der Waals surface area contributed by atoms with Crippen molar-refractivity contribution < 1.29 is 13.9 Å². The minimum atomic E-state index is -1.30. The molecule has 0 fully saturated rings. The van der Waals surface area contributed by atoms with E-state index in [0.717, 1.165) is 18.2 Å². The van der Waals surface area contributed by atoms with E-state index in [2.05, 4.69) is 5.92 Å². The molecule has 15 heavy (non-hydrogen) atoms. The summed E-state index contributed by atoms with van der Waals surface area (Å²) in [5.41, 5.74) is -1.09. The van der Waals surface area contributed by atoms with Crippen molar-refractivity contribution in [1.82, 2.24) is 0 Å². The lowest BCUT2D eigenvalue weighted by atomic mass is 9.91. The summed E-state index contributed by atoms with van der Waals surface area (Å²) in [5, 5.41) is 9.94. The average Bonchev–Trinajstić information content (AvgIpc) is 2.13. The third-order valence-corrected chi connectivity index (χ3v) is 2.24. The number of benzene rings is 1. The van der Waals surface area contributed by atoms with Gasteiger partial charge in [-0.15, -0.1) is 12.3 Å². The smallest absolute Gasteiger partial charge is 0.126 e. The molecule has 0 radical (unpaired) electrons. The molecule has 0 saturated carbocycles. The Balaban J connectivity index is 2.99. The topological polar surface area (TPSA) is 20.2 Å². The van der Waals surface area contributed by atoms with Gasteiger partial charge in [0.2, 0.25) is 0 Å². The molecule has 3 heteroatoms. The highest BCUT2D eigenvalue weighted by atomic mass is 19.1. The zero-order valence-electron chi connectivity index (χ0n) is 8.43. The predicted molar refractivity (Wildman–Crippen MR) is 54.0 cm³/mol. The Morgan fingerprint density at radius 2 is 1.87 bits per heavy atom. The summed E-state index contributed by atoms with van der Waals surface area (Å²) in [6.07, 6.45) is 5.69. The Morgan fingerprint density at radius 3 is 2.33 bits per heavy atom. The van der Waals surface area contributed by atoms with Crippen LogP contribution in [0.1, 0.15) is 25.3 Å². The van der Waals surface area contributed by atoms with Gasteiger partial charge in [0.25, 0.3) is 0 Å². The Morgan fingerprint density at radius 1 is 1.33 bits per heavy atom. The third kappa shape index (κ3) is 3.03. The molecule has 0 aromatic heterocycles. The molecular weight excluding hydrogens is 198 g/mol. The molecule has 0 heterocycles. The van der Waals surface area contributed by atoms with Gasteiger partial charge in [-0.25, -0.2) is 8.78 Å². The second-order valence-electron chi connectivity index (χ2n) is 3.64. The fourth-order valence-electron chi connectivity index (χ4n) is 1.32. The van der Waals surface area contributed by atoms with Crippen molar-refractivity contribution in [2.75, 3.05) is 0 Å². The van der Waals surface area contributed by atoms with E-state index < -0.39 is 17.2 Å². The van der Waals surface area contributed by atoms with Gasteiger partial charge in [0, 0.05) is 12.5 Å². The van der Waals surface area contributed by atoms with Crippen molar-refractivity contribution in [3.63, 3.8) is 0 Å². The highest BCUT2D eigenvalue weighted by Crippen LogP contribution is 2.26. The Bertz CT molecular complexity index is 371. The van der Waals surface area contributed by atoms with Crippen LogP contribution in [-0.2, 0) is 5.60 Å². The van der Waals surface area contributed by atoms with Crippen molar-refractivity contribution in [2.24, 2.45) is 0 Å². The van der Waals surface area contributed by atoms with Gasteiger partial charge >= 0.3 is 0 Å². The molecule has 1 aromatic carbocycles. The maximum absolute atomic E-state index is 12.9. The van der Waals surface area contributed by atoms with Gasteiger partial charge in [-0.05, 0) is 31.0 Å². The third-order valence-electron chi connectivity index (χ3n) is 2.24. The summed E-state index contributed by atoms with van der Waals surface area (Å²) in [6, 6.07) is 2.99. The fourth-order valence-corrected chi connectivity index (χ4v) is 1.32. The summed E-state index contributed by atoms with van der Waals surface area (Å²) >= 11 is 0. The van der Waals surface area contributed by atoms with Crippen LogP contribution in [0.3, 0.4) is 0 Å². The Kier molecular flexibility index (Phi) is 3.43. The molecule has 0 aliphatic rings. The van der Waals surface area contributed by atoms with Crippen LogP contribution in [0.2, 0.25) is 0 Å². The Labute approximate surface area is 87.7 Å². The van der Waals surface area contributed by atoms with Gasteiger partial charge in [0.1, 0.15) is 11.6 Å². The quantitative estimate of drug-likeness (QED) is 0.760. The average molecular weight is 210 g/mol. The van der Waals surface area contributed by atoms with Crippen LogP contribution in [-0.4, -0.2) is 5.11 Å². The number of hydrogen-bond donors (Lipinski definition) is 1. The molecule has 1 nitrogen and oxygen atoms in total. The van der Waals surface area contributed by atoms with Gasteiger partial charge in [-0.1, -0.05) is 0 Å². The molecule has 0 aliphatic carbocycles. The molecule has 80 valence electrons.